The van der Waals surface area contributed by atoms with Crippen molar-refractivity contribution < 1.29 is 23.0 Å². The summed E-state index contributed by atoms with van der Waals surface area (Å²) in [6, 6.07) is 4.79. The first-order valence-electron chi connectivity index (χ1n) is 11.8. The summed E-state index contributed by atoms with van der Waals surface area (Å²) in [4.78, 5) is 23.1. The number of amides is 1. The minimum Gasteiger partial charge on any atom is -0.489 e. The van der Waals surface area contributed by atoms with Crippen LogP contribution in [0.15, 0.2) is 35.2 Å². The van der Waals surface area contributed by atoms with Crippen LogP contribution in [0.4, 0.5) is 13.9 Å². The van der Waals surface area contributed by atoms with Crippen molar-refractivity contribution in [3.05, 3.63) is 57.8 Å². The van der Waals surface area contributed by atoms with Gasteiger partial charge in [-0.1, -0.05) is 32.9 Å². The number of nitrogens with one attached hydrogen (secondary N) is 1. The van der Waals surface area contributed by atoms with Crippen LogP contribution in [0.3, 0.4) is 0 Å². The van der Waals surface area contributed by atoms with Crippen LogP contribution in [0.1, 0.15) is 67.0 Å². The van der Waals surface area contributed by atoms with Crippen LogP contribution in [0, 0.1) is 5.41 Å². The number of thiazole rings is 2. The van der Waals surface area contributed by atoms with Gasteiger partial charge in [0.15, 0.2) is 21.6 Å². The molecule has 1 N–H and O–H groups in total. The highest BCUT2D eigenvalue weighted by molar-refractivity contribution is 7.15. The van der Waals surface area contributed by atoms with Crippen LogP contribution in [-0.4, -0.2) is 33.5 Å². The van der Waals surface area contributed by atoms with E-state index in [-0.39, 0.29) is 22.8 Å². The van der Waals surface area contributed by atoms with E-state index >= 15 is 0 Å². The highest BCUT2D eigenvalue weighted by Crippen LogP contribution is 2.41. The highest BCUT2D eigenvalue weighted by Gasteiger charge is 2.27. The van der Waals surface area contributed by atoms with Gasteiger partial charge in [0.25, 0.3) is 5.91 Å². The van der Waals surface area contributed by atoms with E-state index in [1.165, 1.54) is 28.7 Å². The van der Waals surface area contributed by atoms with Gasteiger partial charge in [-0.25, -0.2) is 9.97 Å². The average Bonchev–Trinajstić information content (AvgIpc) is 3.23. The summed E-state index contributed by atoms with van der Waals surface area (Å²) in [6.45, 7) is 3.26. The van der Waals surface area contributed by atoms with Crippen molar-refractivity contribution in [1.82, 2.24) is 14.4 Å². The molecular formula is C26H26F2N4O3S2. The van der Waals surface area contributed by atoms with Gasteiger partial charge in [0.05, 0.1) is 18.0 Å². The Balaban J connectivity index is 1.46. The topological polar surface area (TPSA) is 77.8 Å². The molecule has 1 aromatic carbocycles. The van der Waals surface area contributed by atoms with Crippen molar-refractivity contribution in [3.63, 3.8) is 0 Å². The highest BCUT2D eigenvalue weighted by atomic mass is 32.1. The van der Waals surface area contributed by atoms with E-state index in [4.69, 9.17) is 9.47 Å². The van der Waals surface area contributed by atoms with Crippen molar-refractivity contribution in [1.29, 1.82) is 0 Å². The van der Waals surface area contributed by atoms with Crippen LogP contribution in [0.5, 0.6) is 11.5 Å². The second kappa shape index (κ2) is 10.2. The molecule has 1 aliphatic rings. The Hall–Kier alpha value is -3.31. The Morgan fingerprint density at radius 1 is 1.24 bits per heavy atom. The van der Waals surface area contributed by atoms with E-state index in [1.807, 2.05) is 31.5 Å². The standard InChI is InChI=1S/C26H26F2N4O3S2/c1-26(2,3)14-34-21-16(5-4-6-19(21)35-23(27)28)9-10-17-20(32-11-12-36-25(32)30-17)22(33)31-24-29-18(13-37-24)15-7-8-15/h4-6,9-13,15,23H,7-8,14H2,1-3H3,(H,29,31,33)/b10-9+. The first-order valence-corrected chi connectivity index (χ1v) is 13.5. The van der Waals surface area contributed by atoms with Crippen LogP contribution < -0.4 is 14.8 Å². The molecule has 7 nitrogen and oxygen atoms in total. The maximum atomic E-state index is 13.3. The van der Waals surface area contributed by atoms with Crippen molar-refractivity contribution in [2.24, 2.45) is 5.41 Å². The summed E-state index contributed by atoms with van der Waals surface area (Å²) in [5, 5.41) is 7.28. The van der Waals surface area contributed by atoms with Crippen LogP contribution >= 0.6 is 22.7 Å². The molecule has 0 aliphatic heterocycles. The number of benzene rings is 1. The predicted molar refractivity (Wildman–Crippen MR) is 142 cm³/mol. The van der Waals surface area contributed by atoms with E-state index in [0.717, 1.165) is 18.5 Å². The average molecular weight is 545 g/mol. The number of hydrogen-bond acceptors (Lipinski definition) is 7. The number of carbonyl (C=O) groups excluding carboxylic acids is 1. The fraction of sp³-hybridized carbons (Fsp3) is 0.346. The Bertz CT molecular complexity index is 1450. The van der Waals surface area contributed by atoms with E-state index in [0.29, 0.717) is 39.6 Å². The van der Waals surface area contributed by atoms with Gasteiger partial charge in [-0.3, -0.25) is 14.5 Å². The number of imidazole rings is 1. The number of aromatic nitrogens is 3. The maximum Gasteiger partial charge on any atom is 0.387 e. The zero-order valence-electron chi connectivity index (χ0n) is 20.5. The number of para-hydroxylation sites is 1. The van der Waals surface area contributed by atoms with Crippen molar-refractivity contribution in [2.75, 3.05) is 11.9 Å². The second-order valence-electron chi connectivity index (χ2n) is 9.94. The molecule has 1 amide bonds. The molecular weight excluding hydrogens is 518 g/mol. The molecule has 3 aromatic heterocycles. The minimum atomic E-state index is -2.99. The van der Waals surface area contributed by atoms with Gasteiger partial charge in [0, 0.05) is 28.4 Å². The lowest BCUT2D eigenvalue weighted by molar-refractivity contribution is -0.0517. The minimum absolute atomic E-state index is 0.0552. The largest absolute Gasteiger partial charge is 0.489 e. The van der Waals surface area contributed by atoms with Gasteiger partial charge < -0.3 is 9.47 Å². The third kappa shape index (κ3) is 5.99. The van der Waals surface area contributed by atoms with Crippen molar-refractivity contribution >= 4 is 50.8 Å². The molecule has 0 saturated heterocycles. The zero-order valence-corrected chi connectivity index (χ0v) is 22.2. The van der Waals surface area contributed by atoms with Crippen LogP contribution in [0.25, 0.3) is 17.1 Å². The lowest BCUT2D eigenvalue weighted by Crippen LogP contribution is -2.18. The monoisotopic (exact) mass is 544 g/mol. The molecule has 0 spiro atoms. The number of carbonyl (C=O) groups is 1. The van der Waals surface area contributed by atoms with E-state index in [2.05, 4.69) is 15.3 Å². The third-order valence-corrected chi connectivity index (χ3v) is 7.07. The zero-order chi connectivity index (χ0) is 26.2. The summed E-state index contributed by atoms with van der Waals surface area (Å²) >= 11 is 2.81. The smallest absolute Gasteiger partial charge is 0.387 e. The molecule has 1 fully saturated rings. The number of hydrogen-bond donors (Lipinski definition) is 1. The predicted octanol–water partition coefficient (Wildman–Crippen LogP) is 7.18. The molecule has 5 rings (SSSR count). The Morgan fingerprint density at radius 3 is 2.78 bits per heavy atom. The van der Waals surface area contributed by atoms with Crippen molar-refractivity contribution in [3.8, 4) is 11.5 Å². The van der Waals surface area contributed by atoms with E-state index < -0.39 is 6.61 Å². The van der Waals surface area contributed by atoms with Gasteiger partial charge in [-0.05, 0) is 36.5 Å². The SMILES string of the molecule is CC(C)(C)COc1c(/C=C/c2nc3sccn3c2C(=O)Nc2nc(C3CC3)cs2)cccc1OC(F)F. The fourth-order valence-electron chi connectivity index (χ4n) is 3.68. The molecule has 3 heterocycles. The number of halogens is 2. The molecule has 11 heteroatoms. The van der Waals surface area contributed by atoms with Crippen molar-refractivity contribution in [2.45, 2.75) is 46.1 Å². The lowest BCUT2D eigenvalue weighted by Gasteiger charge is -2.21. The third-order valence-electron chi connectivity index (χ3n) is 5.54. The number of fused-ring (bicyclic) bond motifs is 1. The molecule has 0 unspecified atom stereocenters. The van der Waals surface area contributed by atoms with Gasteiger partial charge in [-0.2, -0.15) is 8.78 Å². The molecule has 1 aliphatic carbocycles. The second-order valence-corrected chi connectivity index (χ2v) is 11.7. The van der Waals surface area contributed by atoms with Gasteiger partial charge in [-0.15, -0.1) is 22.7 Å². The normalized spacial score (nSPS) is 14.1. The van der Waals surface area contributed by atoms with Gasteiger partial charge >= 0.3 is 6.61 Å². The number of alkyl halides is 2. The molecule has 0 bridgehead atoms. The maximum absolute atomic E-state index is 13.3. The Labute approximate surface area is 220 Å². The molecule has 4 aromatic rings. The first kappa shape index (κ1) is 25.3. The van der Waals surface area contributed by atoms with E-state index in [9.17, 15) is 13.6 Å². The summed E-state index contributed by atoms with van der Waals surface area (Å²) in [5.41, 5.74) is 2.13. The number of nitrogens with zero attached hydrogens (tertiary/aromatic N) is 3. The quantitative estimate of drug-likeness (QED) is 0.242. The molecule has 37 heavy (non-hydrogen) atoms. The number of ether oxygens (including phenoxy) is 2. The number of rotatable bonds is 9. The van der Waals surface area contributed by atoms with Gasteiger partial charge in [0.1, 0.15) is 5.69 Å². The lowest BCUT2D eigenvalue weighted by atomic mass is 9.98. The van der Waals surface area contributed by atoms with E-state index in [1.54, 1.807) is 34.9 Å². The van der Waals surface area contributed by atoms with Crippen LogP contribution in [-0.2, 0) is 0 Å². The van der Waals surface area contributed by atoms with Gasteiger partial charge in [0.2, 0.25) is 0 Å². The summed E-state index contributed by atoms with van der Waals surface area (Å²) in [5.74, 6) is 0.316. The fourth-order valence-corrected chi connectivity index (χ4v) is 5.18. The summed E-state index contributed by atoms with van der Waals surface area (Å²) in [7, 11) is 0. The first-order chi connectivity index (χ1) is 17.7. The van der Waals surface area contributed by atoms with Crippen LogP contribution in [0.2, 0.25) is 0 Å². The molecule has 1 saturated carbocycles. The summed E-state index contributed by atoms with van der Waals surface area (Å²) < 4.78 is 38.5. The molecule has 0 atom stereocenters. The Morgan fingerprint density at radius 2 is 2.05 bits per heavy atom. The summed E-state index contributed by atoms with van der Waals surface area (Å²) in [6.07, 6.45) is 7.42. The number of anilines is 1. The molecule has 0 radical (unpaired) electrons. The molecule has 194 valence electrons. The Kier molecular flexibility index (Phi) is 7.00.